The van der Waals surface area contributed by atoms with Crippen LogP contribution >= 0.6 is 11.6 Å². The van der Waals surface area contributed by atoms with Gasteiger partial charge in [0, 0.05) is 31.1 Å². The summed E-state index contributed by atoms with van der Waals surface area (Å²) in [5, 5.41) is 5.22. The molecule has 0 spiro atoms. The van der Waals surface area contributed by atoms with Crippen molar-refractivity contribution in [2.45, 2.75) is 39.3 Å². The molecule has 0 aliphatic carbocycles. The first-order valence-corrected chi connectivity index (χ1v) is 8.46. The number of ether oxygens (including phenoxy) is 1. The summed E-state index contributed by atoms with van der Waals surface area (Å²) in [5.41, 5.74) is 5.79. The van der Waals surface area contributed by atoms with Crippen molar-refractivity contribution in [1.29, 1.82) is 0 Å². The zero-order valence-electron chi connectivity index (χ0n) is 13.5. The van der Waals surface area contributed by atoms with Crippen LogP contribution < -0.4 is 10.2 Å². The highest BCUT2D eigenvalue weighted by Crippen LogP contribution is 2.35. The number of benzene rings is 1. The smallest absolute Gasteiger partial charge is 0.138 e. The Hall–Kier alpha value is -1.26. The lowest BCUT2D eigenvalue weighted by Crippen LogP contribution is -2.41. The van der Waals surface area contributed by atoms with Gasteiger partial charge in [0.2, 0.25) is 0 Å². The van der Waals surface area contributed by atoms with E-state index < -0.39 is 0 Å². The highest BCUT2D eigenvalue weighted by molar-refractivity contribution is 6.32. The standard InChI is InChI=1S/C17H24ClN3O/c1-4-21-8-7-15-13(10-21)17(20-19-15)12-5-6-16(14(18)9-12)22-11(2)3/h5-6,9,11,13,17,20H,4,7-8,10H2,1-3H3. The summed E-state index contributed by atoms with van der Waals surface area (Å²) >= 11 is 6.38. The second kappa shape index (κ2) is 6.47. The third kappa shape index (κ3) is 3.08. The van der Waals surface area contributed by atoms with Crippen LogP contribution in [0.15, 0.2) is 23.3 Å². The van der Waals surface area contributed by atoms with Gasteiger partial charge in [0.1, 0.15) is 5.75 Å². The molecule has 0 radical (unpaired) electrons. The van der Waals surface area contributed by atoms with E-state index in [0.29, 0.717) is 10.9 Å². The molecule has 0 aromatic heterocycles. The molecule has 0 bridgehead atoms. The van der Waals surface area contributed by atoms with Crippen LogP contribution in [-0.2, 0) is 0 Å². The monoisotopic (exact) mass is 321 g/mol. The van der Waals surface area contributed by atoms with E-state index in [0.717, 1.165) is 31.8 Å². The fraction of sp³-hybridized carbons (Fsp3) is 0.588. The molecule has 3 rings (SSSR count). The number of nitrogens with one attached hydrogen (secondary N) is 1. The summed E-state index contributed by atoms with van der Waals surface area (Å²) in [6.45, 7) is 9.50. The van der Waals surface area contributed by atoms with Gasteiger partial charge in [0.05, 0.1) is 17.2 Å². The molecule has 1 aromatic carbocycles. The Labute approximate surface area is 137 Å². The van der Waals surface area contributed by atoms with Crippen LogP contribution in [-0.4, -0.2) is 36.3 Å². The maximum Gasteiger partial charge on any atom is 0.138 e. The first kappa shape index (κ1) is 15.6. The van der Waals surface area contributed by atoms with E-state index >= 15 is 0 Å². The van der Waals surface area contributed by atoms with Gasteiger partial charge in [0.25, 0.3) is 0 Å². The van der Waals surface area contributed by atoms with E-state index in [1.807, 2.05) is 26.0 Å². The summed E-state index contributed by atoms with van der Waals surface area (Å²) < 4.78 is 5.71. The molecular weight excluding hydrogens is 298 g/mol. The quantitative estimate of drug-likeness (QED) is 0.922. The van der Waals surface area contributed by atoms with Gasteiger partial charge in [-0.3, -0.25) is 0 Å². The van der Waals surface area contributed by atoms with E-state index in [9.17, 15) is 0 Å². The van der Waals surface area contributed by atoms with E-state index in [2.05, 4.69) is 28.4 Å². The summed E-state index contributed by atoms with van der Waals surface area (Å²) in [5.74, 6) is 1.19. The lowest BCUT2D eigenvalue weighted by molar-refractivity contribution is 0.237. The lowest BCUT2D eigenvalue weighted by atomic mass is 9.86. The average molecular weight is 322 g/mol. The zero-order valence-corrected chi connectivity index (χ0v) is 14.2. The number of likely N-dealkylation sites (tertiary alicyclic amines) is 1. The van der Waals surface area contributed by atoms with Crippen molar-refractivity contribution in [2.75, 3.05) is 19.6 Å². The van der Waals surface area contributed by atoms with Gasteiger partial charge in [-0.1, -0.05) is 24.6 Å². The number of nitrogens with zero attached hydrogens (tertiary/aromatic N) is 2. The van der Waals surface area contributed by atoms with Crippen LogP contribution in [0.4, 0.5) is 0 Å². The summed E-state index contributed by atoms with van der Waals surface area (Å²) in [4.78, 5) is 2.49. The molecular formula is C17H24ClN3O. The maximum absolute atomic E-state index is 6.38. The van der Waals surface area contributed by atoms with Crippen molar-refractivity contribution in [3.05, 3.63) is 28.8 Å². The first-order chi connectivity index (χ1) is 10.6. The zero-order chi connectivity index (χ0) is 15.7. The molecule has 0 saturated carbocycles. The molecule has 0 amide bonds. The summed E-state index contributed by atoms with van der Waals surface area (Å²) in [6.07, 6.45) is 1.18. The molecule has 120 valence electrons. The van der Waals surface area contributed by atoms with Crippen molar-refractivity contribution in [2.24, 2.45) is 11.0 Å². The van der Waals surface area contributed by atoms with Gasteiger partial charge in [-0.2, -0.15) is 5.10 Å². The van der Waals surface area contributed by atoms with Gasteiger partial charge in [-0.05, 0) is 38.1 Å². The molecule has 2 heterocycles. The fourth-order valence-corrected chi connectivity index (χ4v) is 3.50. The van der Waals surface area contributed by atoms with Crippen molar-refractivity contribution >= 4 is 17.3 Å². The Morgan fingerprint density at radius 2 is 2.27 bits per heavy atom. The molecule has 1 saturated heterocycles. The van der Waals surface area contributed by atoms with Crippen LogP contribution in [0.25, 0.3) is 0 Å². The highest BCUT2D eigenvalue weighted by Gasteiger charge is 2.36. The van der Waals surface area contributed by atoms with E-state index in [1.54, 1.807) is 0 Å². The number of halogens is 1. The van der Waals surface area contributed by atoms with E-state index in [-0.39, 0.29) is 12.1 Å². The first-order valence-electron chi connectivity index (χ1n) is 8.09. The maximum atomic E-state index is 6.38. The van der Waals surface area contributed by atoms with Crippen LogP contribution in [0.1, 0.15) is 38.8 Å². The Morgan fingerprint density at radius 3 is 2.95 bits per heavy atom. The predicted octanol–water partition coefficient (Wildman–Crippen LogP) is 3.47. The van der Waals surface area contributed by atoms with Gasteiger partial charge < -0.3 is 15.1 Å². The highest BCUT2D eigenvalue weighted by atomic mass is 35.5. The third-order valence-corrected chi connectivity index (χ3v) is 4.74. The number of fused-ring (bicyclic) bond motifs is 1. The second-order valence-corrected chi connectivity index (χ2v) is 6.72. The molecule has 2 atom stereocenters. The molecule has 5 heteroatoms. The molecule has 1 N–H and O–H groups in total. The Bertz CT molecular complexity index is 573. The number of piperidine rings is 1. The van der Waals surface area contributed by atoms with Gasteiger partial charge in [-0.25, -0.2) is 0 Å². The lowest BCUT2D eigenvalue weighted by Gasteiger charge is -2.32. The SMILES string of the molecule is CCN1CCC2=NNC(c3ccc(OC(C)C)c(Cl)c3)C2C1. The molecule has 2 aliphatic heterocycles. The minimum Gasteiger partial charge on any atom is -0.489 e. The van der Waals surface area contributed by atoms with Gasteiger partial charge >= 0.3 is 0 Å². The number of hydrogen-bond donors (Lipinski definition) is 1. The molecule has 22 heavy (non-hydrogen) atoms. The number of hydrazone groups is 1. The van der Waals surface area contributed by atoms with Crippen LogP contribution in [0.5, 0.6) is 5.75 Å². The topological polar surface area (TPSA) is 36.9 Å². The normalized spacial score (nSPS) is 24.9. The summed E-state index contributed by atoms with van der Waals surface area (Å²) in [7, 11) is 0. The Balaban J connectivity index is 1.78. The molecule has 1 aromatic rings. The van der Waals surface area contributed by atoms with E-state index in [4.69, 9.17) is 16.3 Å². The van der Waals surface area contributed by atoms with E-state index in [1.165, 1.54) is 11.3 Å². The molecule has 2 unspecified atom stereocenters. The fourth-order valence-electron chi connectivity index (χ4n) is 3.27. The Kier molecular flexibility index (Phi) is 4.59. The van der Waals surface area contributed by atoms with Crippen LogP contribution in [0.2, 0.25) is 5.02 Å². The number of rotatable bonds is 4. The van der Waals surface area contributed by atoms with Crippen molar-refractivity contribution < 1.29 is 4.74 Å². The van der Waals surface area contributed by atoms with Crippen molar-refractivity contribution in [3.8, 4) is 5.75 Å². The average Bonchev–Trinajstić information content (AvgIpc) is 2.91. The summed E-state index contributed by atoms with van der Waals surface area (Å²) in [6, 6.07) is 6.30. The van der Waals surface area contributed by atoms with Gasteiger partial charge in [-0.15, -0.1) is 0 Å². The third-order valence-electron chi connectivity index (χ3n) is 4.44. The predicted molar refractivity (Wildman–Crippen MR) is 90.7 cm³/mol. The van der Waals surface area contributed by atoms with Crippen LogP contribution in [0, 0.1) is 5.92 Å². The molecule has 2 aliphatic rings. The molecule has 1 fully saturated rings. The minimum atomic E-state index is 0.124. The second-order valence-electron chi connectivity index (χ2n) is 6.32. The largest absolute Gasteiger partial charge is 0.489 e. The van der Waals surface area contributed by atoms with Gasteiger partial charge in [0.15, 0.2) is 0 Å². The number of hydrogen-bond acceptors (Lipinski definition) is 4. The molecule has 4 nitrogen and oxygen atoms in total. The minimum absolute atomic E-state index is 0.124. The van der Waals surface area contributed by atoms with Crippen LogP contribution in [0.3, 0.4) is 0 Å². The van der Waals surface area contributed by atoms with Crippen molar-refractivity contribution in [3.63, 3.8) is 0 Å². The Morgan fingerprint density at radius 1 is 1.45 bits per heavy atom. The van der Waals surface area contributed by atoms with Crippen molar-refractivity contribution in [1.82, 2.24) is 10.3 Å².